The lowest BCUT2D eigenvalue weighted by atomic mass is 10.1. The van der Waals surface area contributed by atoms with E-state index in [1.807, 2.05) is 19.1 Å². The first-order valence-corrected chi connectivity index (χ1v) is 6.41. The number of benzene rings is 2. The van der Waals surface area contributed by atoms with E-state index in [9.17, 15) is 15.0 Å². The molecular weight excluding hydrogens is 268 g/mol. The van der Waals surface area contributed by atoms with Crippen LogP contribution in [0.4, 0.5) is 0 Å². The van der Waals surface area contributed by atoms with Gasteiger partial charge in [0.15, 0.2) is 17.3 Å². The lowest BCUT2D eigenvalue weighted by molar-refractivity contribution is 0.104. The molecule has 0 saturated heterocycles. The van der Waals surface area contributed by atoms with Crippen molar-refractivity contribution in [2.45, 2.75) is 6.92 Å². The van der Waals surface area contributed by atoms with Gasteiger partial charge in [-0.3, -0.25) is 4.79 Å². The summed E-state index contributed by atoms with van der Waals surface area (Å²) in [5.74, 6) is -0.635. The summed E-state index contributed by atoms with van der Waals surface area (Å²) in [5.41, 5.74) is 2.17. The monoisotopic (exact) mass is 284 g/mol. The zero-order valence-corrected chi connectivity index (χ0v) is 11.8. The molecule has 0 heterocycles. The van der Waals surface area contributed by atoms with Gasteiger partial charge in [-0.2, -0.15) is 0 Å². The molecule has 0 atom stereocenters. The standard InChI is InChI=1S/C17H16O4/c1-11-3-5-12(6-4-11)14(18)9-7-13-8-10-15(19)16(20)17(13)21-2/h3-10,19-20H,1-2H3/b9-7+. The van der Waals surface area contributed by atoms with Crippen LogP contribution in [0.25, 0.3) is 6.08 Å². The number of ketones is 1. The van der Waals surface area contributed by atoms with Gasteiger partial charge in [0, 0.05) is 11.1 Å². The third kappa shape index (κ3) is 3.23. The second-order valence-electron chi connectivity index (χ2n) is 4.62. The van der Waals surface area contributed by atoms with Crippen molar-refractivity contribution < 1.29 is 19.7 Å². The Hall–Kier alpha value is -2.75. The van der Waals surface area contributed by atoms with Crippen molar-refractivity contribution in [2.75, 3.05) is 7.11 Å². The average molecular weight is 284 g/mol. The SMILES string of the molecule is COc1c(/C=C/C(=O)c2ccc(C)cc2)ccc(O)c1O. The zero-order chi connectivity index (χ0) is 15.4. The largest absolute Gasteiger partial charge is 0.504 e. The lowest BCUT2D eigenvalue weighted by Gasteiger charge is -2.08. The van der Waals surface area contributed by atoms with Crippen molar-refractivity contribution in [1.82, 2.24) is 0 Å². The summed E-state index contributed by atoms with van der Waals surface area (Å²) in [6.45, 7) is 1.95. The summed E-state index contributed by atoms with van der Waals surface area (Å²) in [6.07, 6.45) is 2.94. The molecule has 2 aromatic rings. The van der Waals surface area contributed by atoms with E-state index in [4.69, 9.17) is 4.74 Å². The molecule has 0 unspecified atom stereocenters. The fourth-order valence-corrected chi connectivity index (χ4v) is 1.90. The number of hydrogen-bond acceptors (Lipinski definition) is 4. The predicted octanol–water partition coefficient (Wildman–Crippen LogP) is 3.31. The fraction of sp³-hybridized carbons (Fsp3) is 0.118. The molecule has 0 bridgehead atoms. The Morgan fingerprint density at radius 3 is 2.38 bits per heavy atom. The Labute approximate surface area is 122 Å². The number of ether oxygens (including phenoxy) is 1. The van der Waals surface area contributed by atoms with E-state index in [0.29, 0.717) is 11.1 Å². The third-order valence-corrected chi connectivity index (χ3v) is 3.10. The zero-order valence-electron chi connectivity index (χ0n) is 11.8. The molecule has 108 valence electrons. The number of phenols is 2. The highest BCUT2D eigenvalue weighted by Crippen LogP contribution is 2.38. The van der Waals surface area contributed by atoms with E-state index >= 15 is 0 Å². The van der Waals surface area contributed by atoms with E-state index in [1.165, 1.54) is 19.3 Å². The highest BCUT2D eigenvalue weighted by Gasteiger charge is 2.11. The predicted molar refractivity (Wildman–Crippen MR) is 80.9 cm³/mol. The van der Waals surface area contributed by atoms with Gasteiger partial charge in [0.1, 0.15) is 0 Å². The minimum absolute atomic E-state index is 0.128. The van der Waals surface area contributed by atoms with Gasteiger partial charge in [0.25, 0.3) is 0 Å². The molecule has 0 aliphatic carbocycles. The number of phenolic OH excluding ortho intramolecular Hbond substituents is 2. The molecule has 4 nitrogen and oxygen atoms in total. The van der Waals surface area contributed by atoms with Gasteiger partial charge >= 0.3 is 0 Å². The number of allylic oxidation sites excluding steroid dienone is 1. The maximum absolute atomic E-state index is 12.0. The average Bonchev–Trinajstić information content (AvgIpc) is 2.49. The first-order valence-electron chi connectivity index (χ1n) is 6.41. The van der Waals surface area contributed by atoms with Gasteiger partial charge in [-0.1, -0.05) is 29.8 Å². The molecule has 0 amide bonds. The Morgan fingerprint density at radius 1 is 1.10 bits per heavy atom. The van der Waals surface area contributed by atoms with Crippen molar-refractivity contribution in [3.63, 3.8) is 0 Å². The van der Waals surface area contributed by atoms with Crippen LogP contribution in [-0.2, 0) is 0 Å². The quantitative estimate of drug-likeness (QED) is 0.513. The molecule has 21 heavy (non-hydrogen) atoms. The normalized spacial score (nSPS) is 10.8. The van der Waals surface area contributed by atoms with Gasteiger partial charge in [-0.25, -0.2) is 0 Å². The lowest BCUT2D eigenvalue weighted by Crippen LogP contribution is -1.94. The molecule has 0 aliphatic heterocycles. The van der Waals surface area contributed by atoms with Crippen LogP contribution >= 0.6 is 0 Å². The first kappa shape index (κ1) is 14.7. The van der Waals surface area contributed by atoms with Crippen molar-refractivity contribution in [3.8, 4) is 17.2 Å². The van der Waals surface area contributed by atoms with Crippen molar-refractivity contribution >= 4 is 11.9 Å². The van der Waals surface area contributed by atoms with Crippen LogP contribution < -0.4 is 4.74 Å². The summed E-state index contributed by atoms with van der Waals surface area (Å²) in [4.78, 5) is 12.0. The molecular formula is C17H16O4. The van der Waals surface area contributed by atoms with Gasteiger partial charge in [0.2, 0.25) is 5.75 Å². The van der Waals surface area contributed by atoms with E-state index in [2.05, 4.69) is 0 Å². The number of methoxy groups -OCH3 is 1. The van der Waals surface area contributed by atoms with Crippen LogP contribution in [0.5, 0.6) is 17.2 Å². The van der Waals surface area contributed by atoms with Crippen LogP contribution in [0.1, 0.15) is 21.5 Å². The molecule has 2 N–H and O–H groups in total. The number of hydrogen-bond donors (Lipinski definition) is 2. The summed E-state index contributed by atoms with van der Waals surface area (Å²) < 4.78 is 5.04. The molecule has 0 radical (unpaired) electrons. The van der Waals surface area contributed by atoms with E-state index in [0.717, 1.165) is 5.56 Å². The summed E-state index contributed by atoms with van der Waals surface area (Å²) in [7, 11) is 1.38. The van der Waals surface area contributed by atoms with E-state index in [-0.39, 0.29) is 23.0 Å². The van der Waals surface area contributed by atoms with E-state index < -0.39 is 0 Å². The molecule has 0 aliphatic rings. The molecule has 0 aromatic heterocycles. The van der Waals surface area contributed by atoms with Crippen LogP contribution in [0, 0.1) is 6.92 Å². The maximum atomic E-state index is 12.0. The van der Waals surface area contributed by atoms with Crippen LogP contribution in [-0.4, -0.2) is 23.1 Å². The van der Waals surface area contributed by atoms with Gasteiger partial charge in [-0.05, 0) is 31.2 Å². The summed E-state index contributed by atoms with van der Waals surface area (Å²) in [6, 6.07) is 10.2. The number of aromatic hydroxyl groups is 2. The van der Waals surface area contributed by atoms with Crippen LogP contribution in [0.3, 0.4) is 0 Å². The van der Waals surface area contributed by atoms with Crippen LogP contribution in [0.15, 0.2) is 42.5 Å². The Kier molecular flexibility index (Phi) is 4.28. The van der Waals surface area contributed by atoms with Gasteiger partial charge in [0.05, 0.1) is 7.11 Å². The van der Waals surface area contributed by atoms with Crippen molar-refractivity contribution in [1.29, 1.82) is 0 Å². The molecule has 0 spiro atoms. The number of aryl methyl sites for hydroxylation is 1. The van der Waals surface area contributed by atoms with Crippen LogP contribution in [0.2, 0.25) is 0 Å². The number of rotatable bonds is 4. The number of carbonyl (C=O) groups excluding carboxylic acids is 1. The summed E-state index contributed by atoms with van der Waals surface area (Å²) >= 11 is 0. The molecule has 0 saturated carbocycles. The van der Waals surface area contributed by atoms with Gasteiger partial charge < -0.3 is 14.9 Å². The maximum Gasteiger partial charge on any atom is 0.201 e. The highest BCUT2D eigenvalue weighted by molar-refractivity contribution is 6.07. The Bertz CT molecular complexity index is 685. The smallest absolute Gasteiger partial charge is 0.201 e. The molecule has 4 heteroatoms. The first-order chi connectivity index (χ1) is 10.0. The minimum Gasteiger partial charge on any atom is -0.504 e. The second kappa shape index (κ2) is 6.13. The molecule has 2 aromatic carbocycles. The Balaban J connectivity index is 2.27. The molecule has 0 fully saturated rings. The van der Waals surface area contributed by atoms with Crippen molar-refractivity contribution in [3.05, 3.63) is 59.2 Å². The fourth-order valence-electron chi connectivity index (χ4n) is 1.90. The molecule has 2 rings (SSSR count). The number of carbonyl (C=O) groups is 1. The summed E-state index contributed by atoms with van der Waals surface area (Å²) in [5, 5.41) is 19.1. The Morgan fingerprint density at radius 2 is 1.76 bits per heavy atom. The topological polar surface area (TPSA) is 66.8 Å². The van der Waals surface area contributed by atoms with Crippen molar-refractivity contribution in [2.24, 2.45) is 0 Å². The second-order valence-corrected chi connectivity index (χ2v) is 4.62. The third-order valence-electron chi connectivity index (χ3n) is 3.10. The highest BCUT2D eigenvalue weighted by atomic mass is 16.5. The van der Waals surface area contributed by atoms with E-state index in [1.54, 1.807) is 24.3 Å². The minimum atomic E-state index is -0.345. The van der Waals surface area contributed by atoms with Gasteiger partial charge in [-0.15, -0.1) is 0 Å².